The van der Waals surface area contributed by atoms with Crippen molar-refractivity contribution < 1.29 is 14.3 Å². The highest BCUT2D eigenvalue weighted by molar-refractivity contribution is 7.09. The summed E-state index contributed by atoms with van der Waals surface area (Å²) in [6.07, 6.45) is 0.325. The topological polar surface area (TPSA) is 68.3 Å². The SMILES string of the molecule is CNC(=O)c1csc([C@@H](C[C@@H](C)C(C)C)OC(C)=O)n1. The molecule has 1 N–H and O–H groups in total. The maximum atomic E-state index is 11.5. The van der Waals surface area contributed by atoms with Gasteiger partial charge in [-0.3, -0.25) is 9.59 Å². The number of ether oxygens (including phenoxy) is 1. The van der Waals surface area contributed by atoms with E-state index in [1.807, 2.05) is 0 Å². The molecule has 1 heterocycles. The molecule has 0 radical (unpaired) electrons. The molecule has 0 spiro atoms. The number of nitrogens with one attached hydrogen (secondary N) is 1. The number of amides is 1. The molecule has 0 unspecified atom stereocenters. The van der Waals surface area contributed by atoms with Crippen molar-refractivity contribution in [2.45, 2.75) is 40.2 Å². The van der Waals surface area contributed by atoms with Gasteiger partial charge in [0, 0.05) is 19.4 Å². The highest BCUT2D eigenvalue weighted by Gasteiger charge is 2.24. The number of aromatic nitrogens is 1. The third-order valence-electron chi connectivity index (χ3n) is 3.29. The Balaban J connectivity index is 2.89. The standard InChI is InChI=1S/C14H22N2O3S/c1-8(2)9(3)6-12(19-10(4)17)14-16-11(7-20-14)13(18)15-5/h7-9,12H,6H2,1-5H3,(H,15,18)/t9-,12-/m1/s1. The summed E-state index contributed by atoms with van der Waals surface area (Å²) in [6, 6.07) is 0. The van der Waals surface area contributed by atoms with E-state index in [-0.39, 0.29) is 18.0 Å². The van der Waals surface area contributed by atoms with Gasteiger partial charge in [0.25, 0.3) is 5.91 Å². The Morgan fingerprint density at radius 3 is 2.55 bits per heavy atom. The molecular weight excluding hydrogens is 276 g/mol. The molecular formula is C14H22N2O3S. The second-order valence-electron chi connectivity index (χ2n) is 5.21. The molecule has 0 saturated carbocycles. The van der Waals surface area contributed by atoms with Crippen molar-refractivity contribution >= 4 is 23.2 Å². The minimum atomic E-state index is -0.381. The second-order valence-corrected chi connectivity index (χ2v) is 6.09. The maximum Gasteiger partial charge on any atom is 0.303 e. The van der Waals surface area contributed by atoms with E-state index in [2.05, 4.69) is 31.1 Å². The first-order valence-electron chi connectivity index (χ1n) is 6.69. The van der Waals surface area contributed by atoms with Crippen LogP contribution in [0.4, 0.5) is 0 Å². The minimum Gasteiger partial charge on any atom is -0.455 e. The largest absolute Gasteiger partial charge is 0.455 e. The number of carbonyl (C=O) groups is 2. The molecule has 2 atom stereocenters. The Kier molecular flexibility index (Phi) is 6.13. The molecule has 0 bridgehead atoms. The molecule has 1 amide bonds. The van der Waals surface area contributed by atoms with Gasteiger partial charge in [-0.1, -0.05) is 20.8 Å². The fraction of sp³-hybridized carbons (Fsp3) is 0.643. The molecule has 0 aliphatic rings. The monoisotopic (exact) mass is 298 g/mol. The average molecular weight is 298 g/mol. The van der Waals surface area contributed by atoms with Crippen LogP contribution in [0.3, 0.4) is 0 Å². The molecule has 0 saturated heterocycles. The van der Waals surface area contributed by atoms with Crippen molar-refractivity contribution in [1.82, 2.24) is 10.3 Å². The van der Waals surface area contributed by atoms with Crippen LogP contribution >= 0.6 is 11.3 Å². The number of hydrogen-bond acceptors (Lipinski definition) is 5. The average Bonchev–Trinajstić information content (AvgIpc) is 2.85. The minimum absolute atomic E-state index is 0.231. The van der Waals surface area contributed by atoms with Crippen LogP contribution in [0.1, 0.15) is 55.7 Å². The number of thiazole rings is 1. The summed E-state index contributed by atoms with van der Waals surface area (Å²) in [5.74, 6) is 0.326. The van der Waals surface area contributed by atoms with E-state index in [4.69, 9.17) is 4.74 Å². The van der Waals surface area contributed by atoms with Crippen LogP contribution in [0.5, 0.6) is 0 Å². The summed E-state index contributed by atoms with van der Waals surface area (Å²) in [7, 11) is 1.56. The van der Waals surface area contributed by atoms with Crippen molar-refractivity contribution in [2.75, 3.05) is 7.05 Å². The van der Waals surface area contributed by atoms with E-state index in [0.717, 1.165) is 0 Å². The number of nitrogens with zero attached hydrogens (tertiary/aromatic N) is 1. The first-order chi connectivity index (χ1) is 9.35. The summed E-state index contributed by atoms with van der Waals surface area (Å²) in [5.41, 5.74) is 0.363. The highest BCUT2D eigenvalue weighted by Crippen LogP contribution is 2.30. The summed E-state index contributed by atoms with van der Waals surface area (Å²) >= 11 is 1.35. The van der Waals surface area contributed by atoms with Crippen LogP contribution in [0.15, 0.2) is 5.38 Å². The van der Waals surface area contributed by atoms with Gasteiger partial charge in [-0.2, -0.15) is 0 Å². The summed E-state index contributed by atoms with van der Waals surface area (Å²) in [5, 5.41) is 4.89. The lowest BCUT2D eigenvalue weighted by molar-refractivity contribution is -0.147. The van der Waals surface area contributed by atoms with Crippen LogP contribution in [-0.2, 0) is 9.53 Å². The smallest absolute Gasteiger partial charge is 0.303 e. The molecule has 112 valence electrons. The van der Waals surface area contributed by atoms with Gasteiger partial charge >= 0.3 is 5.97 Å². The van der Waals surface area contributed by atoms with Gasteiger partial charge in [0.1, 0.15) is 10.7 Å². The Labute approximate surface area is 123 Å². The van der Waals surface area contributed by atoms with Gasteiger partial charge in [-0.25, -0.2) is 4.98 Å². The lowest BCUT2D eigenvalue weighted by Crippen LogP contribution is -2.19. The molecule has 6 heteroatoms. The van der Waals surface area contributed by atoms with Gasteiger partial charge in [0.15, 0.2) is 6.10 Å². The van der Waals surface area contributed by atoms with E-state index in [1.165, 1.54) is 18.3 Å². The molecule has 5 nitrogen and oxygen atoms in total. The van der Waals surface area contributed by atoms with E-state index in [1.54, 1.807) is 12.4 Å². The molecule has 0 fully saturated rings. The molecule has 0 aromatic carbocycles. The second kappa shape index (κ2) is 7.38. The molecule has 1 aromatic heterocycles. The summed E-state index contributed by atoms with van der Waals surface area (Å²) in [4.78, 5) is 27.1. The van der Waals surface area contributed by atoms with Crippen LogP contribution in [-0.4, -0.2) is 23.9 Å². The highest BCUT2D eigenvalue weighted by atomic mass is 32.1. The molecule has 0 aliphatic carbocycles. The predicted molar refractivity (Wildman–Crippen MR) is 78.6 cm³/mol. The van der Waals surface area contributed by atoms with Crippen LogP contribution in [0.2, 0.25) is 0 Å². The summed E-state index contributed by atoms with van der Waals surface area (Å²) < 4.78 is 5.36. The van der Waals surface area contributed by atoms with E-state index < -0.39 is 0 Å². The zero-order valence-electron chi connectivity index (χ0n) is 12.6. The van der Waals surface area contributed by atoms with Crippen LogP contribution < -0.4 is 5.32 Å². The first-order valence-corrected chi connectivity index (χ1v) is 7.57. The lowest BCUT2D eigenvalue weighted by atomic mass is 9.92. The molecule has 1 rings (SSSR count). The van der Waals surface area contributed by atoms with E-state index in [9.17, 15) is 9.59 Å². The zero-order chi connectivity index (χ0) is 15.3. The van der Waals surface area contributed by atoms with Gasteiger partial charge in [0.2, 0.25) is 0 Å². The van der Waals surface area contributed by atoms with Crippen molar-refractivity contribution in [3.05, 3.63) is 16.1 Å². The van der Waals surface area contributed by atoms with E-state index in [0.29, 0.717) is 29.0 Å². The van der Waals surface area contributed by atoms with Crippen molar-refractivity contribution in [2.24, 2.45) is 11.8 Å². The van der Waals surface area contributed by atoms with Gasteiger partial charge in [0.05, 0.1) is 0 Å². The number of rotatable bonds is 6. The predicted octanol–water partition coefficient (Wildman–Crippen LogP) is 2.79. The maximum absolute atomic E-state index is 11.5. The Morgan fingerprint density at radius 2 is 2.05 bits per heavy atom. The van der Waals surface area contributed by atoms with Gasteiger partial charge < -0.3 is 10.1 Å². The third kappa shape index (κ3) is 4.59. The van der Waals surface area contributed by atoms with Gasteiger partial charge in [-0.15, -0.1) is 11.3 Å². The molecule has 20 heavy (non-hydrogen) atoms. The van der Waals surface area contributed by atoms with Crippen molar-refractivity contribution in [3.8, 4) is 0 Å². The third-order valence-corrected chi connectivity index (χ3v) is 4.23. The quantitative estimate of drug-likeness (QED) is 0.820. The molecule has 1 aromatic rings. The first kappa shape index (κ1) is 16.6. The van der Waals surface area contributed by atoms with Crippen LogP contribution in [0.25, 0.3) is 0 Å². The Hall–Kier alpha value is -1.43. The fourth-order valence-electron chi connectivity index (χ4n) is 1.68. The lowest BCUT2D eigenvalue weighted by Gasteiger charge is -2.21. The zero-order valence-corrected chi connectivity index (χ0v) is 13.4. The van der Waals surface area contributed by atoms with Crippen molar-refractivity contribution in [3.63, 3.8) is 0 Å². The Bertz CT molecular complexity index is 471. The molecule has 0 aliphatic heterocycles. The van der Waals surface area contributed by atoms with Crippen molar-refractivity contribution in [1.29, 1.82) is 0 Å². The summed E-state index contributed by atoms with van der Waals surface area (Å²) in [6.45, 7) is 7.77. The van der Waals surface area contributed by atoms with Gasteiger partial charge in [-0.05, 0) is 18.3 Å². The van der Waals surface area contributed by atoms with E-state index >= 15 is 0 Å². The number of carbonyl (C=O) groups excluding carboxylic acids is 2. The fourth-order valence-corrected chi connectivity index (χ4v) is 2.52. The Morgan fingerprint density at radius 1 is 1.40 bits per heavy atom. The number of esters is 1. The number of hydrogen-bond donors (Lipinski definition) is 1. The normalized spacial score (nSPS) is 13.9. The van der Waals surface area contributed by atoms with Crippen LogP contribution in [0, 0.1) is 11.8 Å².